The number of nitrogens with zero attached hydrogens (tertiary/aromatic N) is 2. The molecule has 234 valence electrons. The Kier molecular flexibility index (Phi) is 9.60. The van der Waals surface area contributed by atoms with E-state index in [2.05, 4.69) is 0 Å². The van der Waals surface area contributed by atoms with Gasteiger partial charge in [0.1, 0.15) is 10.6 Å². The van der Waals surface area contributed by atoms with Crippen LogP contribution in [-0.4, -0.2) is 36.4 Å². The summed E-state index contributed by atoms with van der Waals surface area (Å²) < 4.78 is 59.1. The first kappa shape index (κ1) is 31.8. The lowest BCUT2D eigenvalue weighted by atomic mass is 10.0. The van der Waals surface area contributed by atoms with E-state index >= 15 is 0 Å². The standard InChI is InChI=1S/C34H31F3N2O5S/c1-4-43-33(41)44-28-21-39(19-24-12-8-9-13-27(24)34(35,36)37)32-29(30(28)40)26(20-38(2)18-22-10-6-5-7-11-22)31(45-32)23-14-16-25(42-3)17-15-23/h5-17,21H,4,18-20H2,1-3H3. The molecule has 0 fully saturated rings. The second-order valence-corrected chi connectivity index (χ2v) is 11.4. The Morgan fingerprint density at radius 2 is 1.64 bits per heavy atom. The van der Waals surface area contributed by atoms with Crippen LogP contribution in [0.15, 0.2) is 89.9 Å². The predicted molar refractivity (Wildman–Crippen MR) is 168 cm³/mol. The molecule has 0 atom stereocenters. The zero-order valence-electron chi connectivity index (χ0n) is 24.9. The molecule has 2 aromatic heterocycles. The third-order valence-electron chi connectivity index (χ3n) is 7.17. The lowest BCUT2D eigenvalue weighted by Crippen LogP contribution is -2.21. The minimum absolute atomic E-state index is 0.000762. The van der Waals surface area contributed by atoms with Crippen molar-refractivity contribution in [3.05, 3.63) is 118 Å². The second-order valence-electron chi connectivity index (χ2n) is 10.4. The number of aromatic nitrogens is 1. The van der Waals surface area contributed by atoms with Crippen molar-refractivity contribution in [2.45, 2.75) is 32.7 Å². The van der Waals surface area contributed by atoms with E-state index in [1.165, 1.54) is 40.3 Å². The SMILES string of the molecule is CCOC(=O)Oc1cn(Cc2ccccc2C(F)(F)F)c2sc(-c3ccc(OC)cc3)c(CN(C)Cc3ccccc3)c2c1=O. The maximum Gasteiger partial charge on any atom is 0.514 e. The van der Waals surface area contributed by atoms with Crippen molar-refractivity contribution in [2.75, 3.05) is 20.8 Å². The summed E-state index contributed by atoms with van der Waals surface area (Å²) in [6, 6.07) is 22.5. The number of ether oxygens (including phenoxy) is 3. The van der Waals surface area contributed by atoms with E-state index in [9.17, 15) is 22.8 Å². The molecular weight excluding hydrogens is 605 g/mol. The molecule has 0 aliphatic heterocycles. The van der Waals surface area contributed by atoms with E-state index in [1.807, 2.05) is 54.4 Å². The van der Waals surface area contributed by atoms with E-state index in [0.29, 0.717) is 29.2 Å². The topological polar surface area (TPSA) is 70.0 Å². The average molecular weight is 637 g/mol. The van der Waals surface area contributed by atoms with E-state index < -0.39 is 23.3 Å². The zero-order valence-corrected chi connectivity index (χ0v) is 25.7. The molecule has 45 heavy (non-hydrogen) atoms. The van der Waals surface area contributed by atoms with E-state index in [4.69, 9.17) is 14.2 Å². The zero-order chi connectivity index (χ0) is 32.1. The lowest BCUT2D eigenvalue weighted by Gasteiger charge is -2.18. The maximum atomic E-state index is 14.0. The number of halogens is 3. The number of carbonyl (C=O) groups excluding carboxylic acids is 1. The Hall–Kier alpha value is -4.61. The molecular formula is C34H31F3N2O5S. The van der Waals surface area contributed by atoms with Gasteiger partial charge in [0.15, 0.2) is 5.75 Å². The van der Waals surface area contributed by atoms with Gasteiger partial charge in [-0.2, -0.15) is 13.2 Å². The Bertz CT molecular complexity index is 1850. The summed E-state index contributed by atoms with van der Waals surface area (Å²) in [4.78, 5) is 29.7. The van der Waals surface area contributed by atoms with Crippen LogP contribution < -0.4 is 14.9 Å². The molecule has 0 spiro atoms. The van der Waals surface area contributed by atoms with Gasteiger partial charge in [-0.1, -0.05) is 48.5 Å². The van der Waals surface area contributed by atoms with Crippen molar-refractivity contribution >= 4 is 27.7 Å². The molecule has 2 heterocycles. The molecule has 0 radical (unpaired) electrons. The highest BCUT2D eigenvalue weighted by atomic mass is 32.1. The number of rotatable bonds is 10. The quantitative estimate of drug-likeness (QED) is 0.145. The number of thiophene rings is 1. The molecule has 0 bridgehead atoms. The van der Waals surface area contributed by atoms with Gasteiger partial charge in [-0.15, -0.1) is 11.3 Å². The largest absolute Gasteiger partial charge is 0.514 e. The van der Waals surface area contributed by atoms with Crippen molar-refractivity contribution in [3.8, 4) is 21.9 Å². The van der Waals surface area contributed by atoms with Gasteiger partial charge in [0.2, 0.25) is 5.43 Å². The minimum Gasteiger partial charge on any atom is -0.497 e. The Morgan fingerprint density at radius 1 is 0.956 bits per heavy atom. The highest BCUT2D eigenvalue weighted by Crippen LogP contribution is 2.40. The van der Waals surface area contributed by atoms with Gasteiger partial charge in [0, 0.05) is 24.5 Å². The number of alkyl halides is 3. The third-order valence-corrected chi connectivity index (χ3v) is 8.49. The summed E-state index contributed by atoms with van der Waals surface area (Å²) in [6.45, 7) is 2.29. The molecule has 5 rings (SSSR count). The summed E-state index contributed by atoms with van der Waals surface area (Å²) >= 11 is 1.29. The number of carbonyl (C=O) groups is 1. The fourth-order valence-electron chi connectivity index (χ4n) is 5.16. The second kappa shape index (κ2) is 13.6. The number of hydrogen-bond acceptors (Lipinski definition) is 7. The molecule has 5 aromatic rings. The van der Waals surface area contributed by atoms with Gasteiger partial charge >= 0.3 is 12.3 Å². The minimum atomic E-state index is -4.59. The summed E-state index contributed by atoms with van der Waals surface area (Å²) in [6.07, 6.45) is -4.39. The van der Waals surface area contributed by atoms with Crippen LogP contribution in [-0.2, 0) is 30.5 Å². The highest BCUT2D eigenvalue weighted by Gasteiger charge is 2.33. The first-order valence-electron chi connectivity index (χ1n) is 14.1. The number of hydrogen-bond donors (Lipinski definition) is 0. The van der Waals surface area contributed by atoms with Gasteiger partial charge in [-0.05, 0) is 66.6 Å². The molecule has 11 heteroatoms. The van der Waals surface area contributed by atoms with Crippen LogP contribution in [0.4, 0.5) is 18.0 Å². The molecule has 7 nitrogen and oxygen atoms in total. The maximum absolute atomic E-state index is 14.0. The molecule has 0 amide bonds. The lowest BCUT2D eigenvalue weighted by molar-refractivity contribution is -0.138. The molecule has 0 saturated carbocycles. The first-order valence-corrected chi connectivity index (χ1v) is 15.0. The summed E-state index contributed by atoms with van der Waals surface area (Å²) in [7, 11) is 3.49. The van der Waals surface area contributed by atoms with Gasteiger partial charge < -0.3 is 18.8 Å². The molecule has 0 aliphatic carbocycles. The number of methoxy groups -OCH3 is 1. The van der Waals surface area contributed by atoms with Crippen LogP contribution in [0.2, 0.25) is 0 Å². The molecule has 0 N–H and O–H groups in total. The monoisotopic (exact) mass is 636 g/mol. The number of pyridine rings is 1. The van der Waals surface area contributed by atoms with Gasteiger partial charge in [0.25, 0.3) is 0 Å². The fourth-order valence-corrected chi connectivity index (χ4v) is 6.45. The number of fused-ring (bicyclic) bond motifs is 1. The van der Waals surface area contributed by atoms with E-state index in [0.717, 1.165) is 22.1 Å². The molecule has 0 aliphatic rings. The van der Waals surface area contributed by atoms with Crippen molar-refractivity contribution in [1.29, 1.82) is 0 Å². The van der Waals surface area contributed by atoms with Crippen molar-refractivity contribution in [3.63, 3.8) is 0 Å². The van der Waals surface area contributed by atoms with E-state index in [-0.39, 0.29) is 29.9 Å². The van der Waals surface area contributed by atoms with Crippen molar-refractivity contribution < 1.29 is 32.2 Å². The van der Waals surface area contributed by atoms with Crippen molar-refractivity contribution in [1.82, 2.24) is 9.47 Å². The van der Waals surface area contributed by atoms with Crippen LogP contribution in [0.3, 0.4) is 0 Å². The molecule has 3 aromatic carbocycles. The number of benzene rings is 3. The third kappa shape index (κ3) is 7.21. The normalized spacial score (nSPS) is 11.6. The van der Waals surface area contributed by atoms with Gasteiger partial charge in [-0.25, -0.2) is 4.79 Å². The van der Waals surface area contributed by atoms with Crippen LogP contribution in [0, 0.1) is 0 Å². The molecule has 0 unspecified atom stereocenters. The van der Waals surface area contributed by atoms with Crippen LogP contribution in [0.1, 0.15) is 29.2 Å². The van der Waals surface area contributed by atoms with Crippen LogP contribution in [0.25, 0.3) is 20.7 Å². The smallest absolute Gasteiger partial charge is 0.497 e. The van der Waals surface area contributed by atoms with Crippen LogP contribution >= 0.6 is 11.3 Å². The highest BCUT2D eigenvalue weighted by molar-refractivity contribution is 7.22. The first-order chi connectivity index (χ1) is 21.6. The molecule has 0 saturated heterocycles. The Labute approximate surface area is 262 Å². The van der Waals surface area contributed by atoms with E-state index in [1.54, 1.807) is 26.2 Å². The van der Waals surface area contributed by atoms with Gasteiger partial charge in [-0.3, -0.25) is 9.69 Å². The fraction of sp³-hybridized carbons (Fsp3) is 0.235. The summed E-state index contributed by atoms with van der Waals surface area (Å²) in [5.41, 5.74) is 1.18. The Morgan fingerprint density at radius 3 is 2.31 bits per heavy atom. The van der Waals surface area contributed by atoms with Crippen molar-refractivity contribution in [2.24, 2.45) is 0 Å². The van der Waals surface area contributed by atoms with Gasteiger partial charge in [0.05, 0.1) is 30.9 Å². The average Bonchev–Trinajstić information content (AvgIpc) is 3.39. The predicted octanol–water partition coefficient (Wildman–Crippen LogP) is 7.97. The Balaban J connectivity index is 1.73. The summed E-state index contributed by atoms with van der Waals surface area (Å²) in [5, 5.41) is 0.261. The van der Waals surface area contributed by atoms with Crippen LogP contribution in [0.5, 0.6) is 11.5 Å². The summed E-state index contributed by atoms with van der Waals surface area (Å²) in [5.74, 6) is 0.313.